The summed E-state index contributed by atoms with van der Waals surface area (Å²) in [6, 6.07) is 10.9. The zero-order valence-corrected chi connectivity index (χ0v) is 11.2. The summed E-state index contributed by atoms with van der Waals surface area (Å²) in [6.45, 7) is 0. The summed E-state index contributed by atoms with van der Waals surface area (Å²) in [5.74, 6) is 0.404. The van der Waals surface area contributed by atoms with Crippen LogP contribution in [0.3, 0.4) is 0 Å². The van der Waals surface area contributed by atoms with Crippen molar-refractivity contribution in [2.45, 2.75) is 0 Å². The van der Waals surface area contributed by atoms with Gasteiger partial charge in [0, 0.05) is 5.02 Å². The number of nitrogens with one attached hydrogen (secondary N) is 1. The highest BCUT2D eigenvalue weighted by molar-refractivity contribution is 6.30. The molecule has 1 heterocycles. The third kappa shape index (κ3) is 3.49. The fourth-order valence-corrected chi connectivity index (χ4v) is 1.71. The maximum Gasteiger partial charge on any atom is 0.338 e. The van der Waals surface area contributed by atoms with Gasteiger partial charge in [-0.25, -0.2) is 14.8 Å². The van der Waals surface area contributed by atoms with E-state index in [1.807, 2.05) is 0 Å². The molecule has 0 fully saturated rings. The summed E-state index contributed by atoms with van der Waals surface area (Å²) < 4.78 is 0. The summed E-state index contributed by atoms with van der Waals surface area (Å²) in [7, 11) is 0. The number of urea groups is 1. The molecule has 0 saturated carbocycles. The maximum absolute atomic E-state index is 11.5. The molecular formula is C12H10Cl2N4O. The molecule has 2 amide bonds. The van der Waals surface area contributed by atoms with Crippen LogP contribution in [0.4, 0.5) is 16.3 Å². The Kier molecular flexibility index (Phi) is 4.09. The summed E-state index contributed by atoms with van der Waals surface area (Å²) in [4.78, 5) is 15.5. The summed E-state index contributed by atoms with van der Waals surface area (Å²) in [5.41, 5.74) is 8.64. The van der Waals surface area contributed by atoms with Gasteiger partial charge in [0.1, 0.15) is 11.0 Å². The standard InChI is InChI=1S/C12H10Cl2N4O/c13-8-4-6-9(7-5-8)18(12(15)19)17-11-3-1-2-10(14)16-11/h1-7H,(H2,15,19)(H,16,17). The van der Waals surface area contributed by atoms with Gasteiger partial charge in [-0.3, -0.25) is 5.43 Å². The van der Waals surface area contributed by atoms with E-state index in [1.165, 1.54) is 0 Å². The van der Waals surface area contributed by atoms with E-state index in [0.29, 0.717) is 21.7 Å². The number of carbonyl (C=O) groups excluding carboxylic acids is 1. The van der Waals surface area contributed by atoms with Crippen molar-refractivity contribution in [2.75, 3.05) is 10.4 Å². The van der Waals surface area contributed by atoms with Crippen LogP contribution in [0.1, 0.15) is 0 Å². The SMILES string of the molecule is NC(=O)N(Nc1cccc(Cl)n1)c1ccc(Cl)cc1. The number of primary amides is 1. The van der Waals surface area contributed by atoms with E-state index in [2.05, 4.69) is 10.4 Å². The Balaban J connectivity index is 2.26. The number of hydrogen-bond acceptors (Lipinski definition) is 3. The van der Waals surface area contributed by atoms with Gasteiger partial charge in [-0.1, -0.05) is 29.3 Å². The number of amides is 2. The van der Waals surface area contributed by atoms with Gasteiger partial charge in [-0.05, 0) is 36.4 Å². The molecule has 19 heavy (non-hydrogen) atoms. The van der Waals surface area contributed by atoms with Crippen LogP contribution in [0, 0.1) is 0 Å². The van der Waals surface area contributed by atoms with Gasteiger partial charge < -0.3 is 5.73 Å². The third-order valence-corrected chi connectivity index (χ3v) is 2.71. The highest BCUT2D eigenvalue weighted by atomic mass is 35.5. The van der Waals surface area contributed by atoms with E-state index in [1.54, 1.807) is 42.5 Å². The predicted molar refractivity (Wildman–Crippen MR) is 76.4 cm³/mol. The molecule has 2 aromatic rings. The molecule has 0 bridgehead atoms. The molecular weight excluding hydrogens is 287 g/mol. The first-order chi connectivity index (χ1) is 9.06. The van der Waals surface area contributed by atoms with E-state index >= 15 is 0 Å². The molecule has 0 aliphatic rings. The Bertz CT molecular complexity index is 589. The lowest BCUT2D eigenvalue weighted by molar-refractivity contribution is 0.255. The normalized spacial score (nSPS) is 10.0. The van der Waals surface area contributed by atoms with Crippen LogP contribution in [0.25, 0.3) is 0 Å². The van der Waals surface area contributed by atoms with Gasteiger partial charge in [0.25, 0.3) is 0 Å². The van der Waals surface area contributed by atoms with Crippen molar-refractivity contribution in [2.24, 2.45) is 5.73 Å². The number of rotatable bonds is 3. The van der Waals surface area contributed by atoms with Gasteiger partial charge in [0.05, 0.1) is 5.69 Å². The quantitative estimate of drug-likeness (QED) is 0.674. The van der Waals surface area contributed by atoms with E-state index in [-0.39, 0.29) is 0 Å². The highest BCUT2D eigenvalue weighted by Gasteiger charge is 2.13. The maximum atomic E-state index is 11.5. The van der Waals surface area contributed by atoms with Gasteiger partial charge >= 0.3 is 6.03 Å². The van der Waals surface area contributed by atoms with E-state index in [9.17, 15) is 4.79 Å². The lowest BCUT2D eigenvalue weighted by Crippen LogP contribution is -2.40. The monoisotopic (exact) mass is 296 g/mol. The first-order valence-electron chi connectivity index (χ1n) is 5.30. The van der Waals surface area contributed by atoms with Crippen LogP contribution < -0.4 is 16.2 Å². The molecule has 0 unspecified atom stereocenters. The van der Waals surface area contributed by atoms with Crippen molar-refractivity contribution >= 4 is 40.7 Å². The van der Waals surface area contributed by atoms with Crippen molar-refractivity contribution in [3.05, 3.63) is 52.6 Å². The number of hydrazine groups is 1. The van der Waals surface area contributed by atoms with Crippen molar-refractivity contribution < 1.29 is 4.79 Å². The number of anilines is 2. The molecule has 0 spiro atoms. The van der Waals surface area contributed by atoms with Crippen molar-refractivity contribution in [3.63, 3.8) is 0 Å². The van der Waals surface area contributed by atoms with Gasteiger partial charge in [-0.15, -0.1) is 0 Å². The molecule has 0 radical (unpaired) electrons. The van der Waals surface area contributed by atoms with Crippen molar-refractivity contribution in [3.8, 4) is 0 Å². The van der Waals surface area contributed by atoms with E-state index in [4.69, 9.17) is 28.9 Å². The average Bonchev–Trinajstić information content (AvgIpc) is 2.37. The van der Waals surface area contributed by atoms with Crippen LogP contribution in [0.15, 0.2) is 42.5 Å². The second kappa shape index (κ2) is 5.77. The number of nitrogens with two attached hydrogens (primary N) is 1. The lowest BCUT2D eigenvalue weighted by atomic mass is 10.3. The lowest BCUT2D eigenvalue weighted by Gasteiger charge is -2.21. The Hall–Kier alpha value is -1.98. The Morgan fingerprint density at radius 2 is 1.84 bits per heavy atom. The minimum atomic E-state index is -0.677. The Morgan fingerprint density at radius 1 is 1.16 bits per heavy atom. The zero-order valence-electron chi connectivity index (χ0n) is 9.68. The van der Waals surface area contributed by atoms with Crippen LogP contribution in [-0.2, 0) is 0 Å². The summed E-state index contributed by atoms with van der Waals surface area (Å²) >= 11 is 11.6. The minimum absolute atomic E-state index is 0.311. The van der Waals surface area contributed by atoms with Crippen molar-refractivity contribution in [1.82, 2.24) is 4.98 Å². The molecule has 5 nitrogen and oxygen atoms in total. The molecule has 0 saturated heterocycles. The number of hydrogen-bond donors (Lipinski definition) is 2. The first-order valence-corrected chi connectivity index (χ1v) is 6.06. The fourth-order valence-electron chi connectivity index (χ4n) is 1.42. The molecule has 1 aromatic carbocycles. The molecule has 0 aliphatic heterocycles. The number of aromatic nitrogens is 1. The smallest absolute Gasteiger partial charge is 0.338 e. The van der Waals surface area contributed by atoms with Crippen LogP contribution in [0.5, 0.6) is 0 Å². The largest absolute Gasteiger partial charge is 0.350 e. The number of benzene rings is 1. The second-order valence-corrected chi connectivity index (χ2v) is 4.43. The predicted octanol–water partition coefficient (Wildman–Crippen LogP) is 3.30. The van der Waals surface area contributed by atoms with Crippen LogP contribution in [-0.4, -0.2) is 11.0 Å². The third-order valence-electron chi connectivity index (χ3n) is 2.25. The molecule has 7 heteroatoms. The Labute approximate surface area is 119 Å². The average molecular weight is 297 g/mol. The summed E-state index contributed by atoms with van der Waals surface area (Å²) in [5, 5.41) is 2.02. The minimum Gasteiger partial charge on any atom is -0.350 e. The van der Waals surface area contributed by atoms with E-state index < -0.39 is 6.03 Å². The van der Waals surface area contributed by atoms with E-state index in [0.717, 1.165) is 5.01 Å². The summed E-state index contributed by atoms with van der Waals surface area (Å²) in [6.07, 6.45) is 0. The van der Waals surface area contributed by atoms with Gasteiger partial charge in [-0.2, -0.15) is 0 Å². The van der Waals surface area contributed by atoms with Crippen LogP contribution in [0.2, 0.25) is 10.2 Å². The van der Waals surface area contributed by atoms with Crippen molar-refractivity contribution in [1.29, 1.82) is 0 Å². The van der Waals surface area contributed by atoms with Gasteiger partial charge in [0.15, 0.2) is 0 Å². The highest BCUT2D eigenvalue weighted by Crippen LogP contribution is 2.19. The van der Waals surface area contributed by atoms with Crippen LogP contribution >= 0.6 is 23.2 Å². The molecule has 2 rings (SSSR count). The number of halogens is 2. The number of carbonyl (C=O) groups is 1. The Morgan fingerprint density at radius 3 is 2.42 bits per heavy atom. The first kappa shape index (κ1) is 13.5. The second-order valence-electron chi connectivity index (χ2n) is 3.61. The van der Waals surface area contributed by atoms with Gasteiger partial charge in [0.2, 0.25) is 0 Å². The number of pyridine rings is 1. The molecule has 3 N–H and O–H groups in total. The molecule has 1 aromatic heterocycles. The topological polar surface area (TPSA) is 71.2 Å². The molecule has 0 atom stereocenters. The molecule has 0 aliphatic carbocycles. The number of nitrogens with zero attached hydrogens (tertiary/aromatic N) is 2. The zero-order chi connectivity index (χ0) is 13.8. The fraction of sp³-hybridized carbons (Fsp3) is 0. The molecule has 98 valence electrons.